The van der Waals surface area contributed by atoms with Crippen molar-refractivity contribution in [2.45, 2.75) is 74.8 Å². The summed E-state index contributed by atoms with van der Waals surface area (Å²) in [5.74, 6) is -0.586. The second kappa shape index (κ2) is 9.88. The number of nitrogens with one attached hydrogen (secondary N) is 2. The van der Waals surface area contributed by atoms with Gasteiger partial charge in [-0.05, 0) is 66.8 Å². The van der Waals surface area contributed by atoms with E-state index in [9.17, 15) is 9.59 Å². The van der Waals surface area contributed by atoms with Crippen LogP contribution in [0.3, 0.4) is 0 Å². The second-order valence-electron chi connectivity index (χ2n) is 11.7. The van der Waals surface area contributed by atoms with E-state index in [1.807, 2.05) is 6.07 Å². The van der Waals surface area contributed by atoms with Crippen molar-refractivity contribution in [3.05, 3.63) is 63.4 Å². The predicted molar refractivity (Wildman–Crippen MR) is 146 cm³/mol. The minimum Gasteiger partial charge on any atom is -0.381 e. The molecule has 3 atom stereocenters. The number of carbonyl (C=O) groups excluding carboxylic acids is 2. The van der Waals surface area contributed by atoms with Gasteiger partial charge in [-0.15, -0.1) is 0 Å². The lowest BCUT2D eigenvalue weighted by Gasteiger charge is -2.46. The van der Waals surface area contributed by atoms with Crippen molar-refractivity contribution in [3.8, 4) is 0 Å². The molecule has 0 unspecified atom stereocenters. The first-order valence-electron chi connectivity index (χ1n) is 13.7. The van der Waals surface area contributed by atoms with Crippen molar-refractivity contribution in [2.75, 3.05) is 18.5 Å². The van der Waals surface area contributed by atoms with Gasteiger partial charge in [0.15, 0.2) is 5.78 Å². The highest BCUT2D eigenvalue weighted by atomic mass is 35.5. The molecule has 0 radical (unpaired) electrons. The van der Waals surface area contributed by atoms with E-state index in [4.69, 9.17) is 27.9 Å². The Morgan fingerprint density at radius 3 is 2.58 bits per heavy atom. The maximum atomic E-state index is 15.9. The Morgan fingerprint density at radius 1 is 1.11 bits per heavy atom. The van der Waals surface area contributed by atoms with Gasteiger partial charge in [-0.25, -0.2) is 4.39 Å². The molecule has 3 fully saturated rings. The first-order valence-corrected chi connectivity index (χ1v) is 14.5. The lowest BCUT2D eigenvalue weighted by Crippen LogP contribution is -2.61. The van der Waals surface area contributed by atoms with Gasteiger partial charge in [-0.2, -0.15) is 0 Å². The van der Waals surface area contributed by atoms with Gasteiger partial charge in [-0.1, -0.05) is 61.2 Å². The first kappa shape index (κ1) is 26.2. The van der Waals surface area contributed by atoms with Crippen LogP contribution in [-0.4, -0.2) is 36.5 Å². The molecular weight excluding hydrogens is 526 g/mol. The molecule has 6 rings (SSSR count). The fourth-order valence-electron chi connectivity index (χ4n) is 7.78. The third-order valence-corrected chi connectivity index (χ3v) is 10.2. The smallest absolute Gasteiger partial charge is 0.237 e. The molecule has 3 heterocycles. The Bertz CT molecular complexity index is 1270. The van der Waals surface area contributed by atoms with Crippen LogP contribution in [0.5, 0.6) is 0 Å². The fraction of sp³-hybridized carbons (Fsp3) is 0.533. The summed E-state index contributed by atoms with van der Waals surface area (Å²) in [6.07, 6.45) is 5.72. The summed E-state index contributed by atoms with van der Waals surface area (Å²) in [5.41, 5.74) is -0.384. The molecule has 2 spiro atoms. The number of amides is 1. The van der Waals surface area contributed by atoms with Crippen molar-refractivity contribution in [1.29, 1.82) is 0 Å². The molecule has 1 saturated carbocycles. The molecule has 2 saturated heterocycles. The zero-order valence-corrected chi connectivity index (χ0v) is 23.0. The molecule has 2 N–H and O–H groups in total. The number of fused-ring (bicyclic) bond motifs is 3. The molecule has 1 aliphatic carbocycles. The number of Topliss-reactive ketones (excluding diaryl/α,β-unsaturated/α-hetero) is 1. The molecule has 38 heavy (non-hydrogen) atoms. The summed E-state index contributed by atoms with van der Waals surface area (Å²) in [6.45, 7) is 3.14. The van der Waals surface area contributed by atoms with E-state index in [0.717, 1.165) is 31.2 Å². The van der Waals surface area contributed by atoms with Crippen LogP contribution in [-0.2, 0) is 19.7 Å². The van der Waals surface area contributed by atoms with Gasteiger partial charge in [-0.3, -0.25) is 14.9 Å². The fourth-order valence-corrected chi connectivity index (χ4v) is 8.13. The average molecular weight is 560 g/mol. The summed E-state index contributed by atoms with van der Waals surface area (Å²) in [6, 6.07) is 9.49. The molecule has 1 amide bonds. The number of benzene rings is 2. The number of hydrogen-bond acceptors (Lipinski definition) is 4. The Balaban J connectivity index is 1.53. The first-order chi connectivity index (χ1) is 18.3. The molecule has 202 valence electrons. The summed E-state index contributed by atoms with van der Waals surface area (Å²) in [5, 5.41) is 7.21. The van der Waals surface area contributed by atoms with Crippen molar-refractivity contribution >= 4 is 40.6 Å². The Hall–Kier alpha value is -1.99. The predicted octanol–water partition coefficient (Wildman–Crippen LogP) is 6.41. The number of ether oxygens (including phenoxy) is 1. The van der Waals surface area contributed by atoms with Crippen molar-refractivity contribution in [3.63, 3.8) is 0 Å². The Labute approximate surface area is 232 Å². The molecule has 0 aromatic heterocycles. The van der Waals surface area contributed by atoms with Crippen LogP contribution in [0.4, 0.5) is 10.1 Å². The van der Waals surface area contributed by atoms with Gasteiger partial charge >= 0.3 is 0 Å². The summed E-state index contributed by atoms with van der Waals surface area (Å²) in [7, 11) is 0. The van der Waals surface area contributed by atoms with E-state index in [2.05, 4.69) is 17.6 Å². The van der Waals surface area contributed by atoms with Gasteiger partial charge in [0.05, 0.1) is 11.1 Å². The number of rotatable bonds is 4. The van der Waals surface area contributed by atoms with Crippen molar-refractivity contribution in [2.24, 2.45) is 11.8 Å². The molecule has 3 aliphatic heterocycles. The van der Waals surface area contributed by atoms with Crippen LogP contribution in [0.2, 0.25) is 10.0 Å². The summed E-state index contributed by atoms with van der Waals surface area (Å²) >= 11 is 12.6. The number of anilines is 1. The minimum atomic E-state index is -1.23. The minimum absolute atomic E-state index is 0.0206. The van der Waals surface area contributed by atoms with Gasteiger partial charge in [0.25, 0.3) is 0 Å². The zero-order chi connectivity index (χ0) is 26.7. The molecule has 5 nitrogen and oxygen atoms in total. The van der Waals surface area contributed by atoms with Gasteiger partial charge in [0, 0.05) is 41.8 Å². The number of carbonyl (C=O) groups is 2. The van der Waals surface area contributed by atoms with E-state index >= 15 is 4.39 Å². The van der Waals surface area contributed by atoms with Crippen LogP contribution in [0.25, 0.3) is 0 Å². The van der Waals surface area contributed by atoms with Crippen molar-refractivity contribution in [1.82, 2.24) is 5.32 Å². The lowest BCUT2D eigenvalue weighted by atomic mass is 9.56. The van der Waals surface area contributed by atoms with Crippen LogP contribution in [0.1, 0.15) is 68.9 Å². The summed E-state index contributed by atoms with van der Waals surface area (Å²) in [4.78, 5) is 28.5. The zero-order valence-electron chi connectivity index (χ0n) is 21.5. The van der Waals surface area contributed by atoms with E-state index in [1.54, 1.807) is 24.3 Å². The summed E-state index contributed by atoms with van der Waals surface area (Å²) < 4.78 is 21.6. The van der Waals surface area contributed by atoms with Crippen LogP contribution in [0, 0.1) is 17.7 Å². The highest BCUT2D eigenvalue weighted by Crippen LogP contribution is 2.62. The molecular formula is C30H33Cl2FN2O3. The van der Waals surface area contributed by atoms with Crippen LogP contribution < -0.4 is 10.6 Å². The largest absolute Gasteiger partial charge is 0.381 e. The highest BCUT2D eigenvalue weighted by Gasteiger charge is 2.72. The third kappa shape index (κ3) is 3.94. The van der Waals surface area contributed by atoms with E-state index in [0.29, 0.717) is 60.6 Å². The monoisotopic (exact) mass is 558 g/mol. The molecule has 8 heteroatoms. The Morgan fingerprint density at radius 2 is 1.84 bits per heavy atom. The van der Waals surface area contributed by atoms with Crippen LogP contribution in [0.15, 0.2) is 36.4 Å². The second-order valence-corrected chi connectivity index (χ2v) is 12.5. The van der Waals surface area contributed by atoms with Gasteiger partial charge in [0.2, 0.25) is 5.91 Å². The average Bonchev–Trinajstić information content (AvgIpc) is 3.35. The quantitative estimate of drug-likeness (QED) is 0.454. The van der Waals surface area contributed by atoms with Crippen LogP contribution >= 0.6 is 23.2 Å². The van der Waals surface area contributed by atoms with E-state index in [-0.39, 0.29) is 16.7 Å². The topological polar surface area (TPSA) is 67.4 Å². The third-order valence-electron chi connectivity index (χ3n) is 9.63. The molecule has 2 aromatic carbocycles. The molecule has 0 bridgehead atoms. The Kier molecular flexibility index (Phi) is 6.83. The highest BCUT2D eigenvalue weighted by molar-refractivity contribution is 6.31. The molecule has 2 aromatic rings. The normalized spacial score (nSPS) is 31.9. The maximum Gasteiger partial charge on any atom is 0.237 e. The van der Waals surface area contributed by atoms with E-state index in [1.165, 1.54) is 6.07 Å². The van der Waals surface area contributed by atoms with Gasteiger partial charge in [0.1, 0.15) is 11.2 Å². The number of ketones is 1. The SMILES string of the molecule is CC1CCC(CC(=O)[C@@H]2NC3(CCOCC3)[C@@]3(C(=O)Nc4cc(Cl)ccc43)[C@H]2c2cccc(Cl)c2F)CC1. The van der Waals surface area contributed by atoms with E-state index < -0.39 is 28.7 Å². The maximum absolute atomic E-state index is 15.9. The van der Waals surface area contributed by atoms with Crippen molar-refractivity contribution < 1.29 is 18.7 Å². The van der Waals surface area contributed by atoms with Gasteiger partial charge < -0.3 is 10.1 Å². The number of halogens is 3. The number of hydrogen-bond donors (Lipinski definition) is 2. The molecule has 4 aliphatic rings. The lowest BCUT2D eigenvalue weighted by molar-refractivity contribution is -0.125. The standard InChI is InChI=1S/C30H33Cl2FN2O3/c1-17-5-7-18(8-6-17)15-24(36)27-25(20-3-2-4-22(32)26(20)33)30(29(35-27)11-13-38-14-12-29)21-10-9-19(31)16-23(21)34-28(30)37/h2-4,9-10,16-18,25,27,35H,5-8,11-15H2,1H3,(H,34,37)/t17?,18?,25-,27-,30+/m0/s1.